The summed E-state index contributed by atoms with van der Waals surface area (Å²) in [7, 11) is 0. The number of hydrogen-bond acceptors (Lipinski definition) is 4. The van der Waals surface area contributed by atoms with Gasteiger partial charge >= 0.3 is 6.09 Å². The lowest BCUT2D eigenvalue weighted by Crippen LogP contribution is -2.45. The van der Waals surface area contributed by atoms with Crippen molar-refractivity contribution in [3.63, 3.8) is 0 Å². The molecule has 2 aromatic rings. The third-order valence-electron chi connectivity index (χ3n) is 5.90. The Kier molecular flexibility index (Phi) is 6.96. The molecule has 1 aliphatic heterocycles. The maximum atomic E-state index is 14.2. The molecule has 2 aromatic carbocycles. The quantitative estimate of drug-likeness (QED) is 0.628. The summed E-state index contributed by atoms with van der Waals surface area (Å²) in [6.45, 7) is 6.73. The second-order valence-electron chi connectivity index (χ2n) is 9.33. The van der Waals surface area contributed by atoms with Gasteiger partial charge < -0.3 is 9.84 Å². The van der Waals surface area contributed by atoms with E-state index >= 15 is 0 Å². The molecule has 0 aromatic heterocycles. The summed E-state index contributed by atoms with van der Waals surface area (Å²) < 4.78 is 19.7. The average molecular weight is 462 g/mol. The van der Waals surface area contributed by atoms with Crippen LogP contribution in [0.1, 0.15) is 46.1 Å². The normalized spacial score (nSPS) is 21.2. The van der Waals surface area contributed by atoms with E-state index in [2.05, 4.69) is 0 Å². The van der Waals surface area contributed by atoms with E-state index in [1.807, 2.05) is 19.1 Å². The van der Waals surface area contributed by atoms with Gasteiger partial charge in [0.25, 0.3) is 0 Å². The number of benzene rings is 2. The first-order valence-electron chi connectivity index (χ1n) is 10.7. The Morgan fingerprint density at radius 3 is 2.47 bits per heavy atom. The van der Waals surface area contributed by atoms with Crippen molar-refractivity contribution in [3.8, 4) is 11.1 Å². The summed E-state index contributed by atoms with van der Waals surface area (Å²) in [6.07, 6.45) is 0.479. The van der Waals surface area contributed by atoms with Crippen molar-refractivity contribution in [3.05, 3.63) is 58.9 Å². The lowest BCUT2D eigenvalue weighted by Gasteiger charge is -2.28. The Morgan fingerprint density at radius 2 is 1.91 bits per heavy atom. The maximum absolute atomic E-state index is 14.2. The zero-order valence-corrected chi connectivity index (χ0v) is 19.6. The molecule has 2 unspecified atom stereocenters. The lowest BCUT2D eigenvalue weighted by molar-refractivity contribution is -0.137. The molecule has 0 saturated carbocycles. The van der Waals surface area contributed by atoms with Crippen LogP contribution >= 0.6 is 11.6 Å². The van der Waals surface area contributed by atoms with E-state index in [1.165, 1.54) is 12.1 Å². The van der Waals surface area contributed by atoms with Crippen LogP contribution < -0.4 is 0 Å². The first-order valence-corrected chi connectivity index (χ1v) is 11.1. The van der Waals surface area contributed by atoms with Gasteiger partial charge in [0.2, 0.25) is 5.91 Å². The summed E-state index contributed by atoms with van der Waals surface area (Å²) in [5, 5.41) is 10.4. The van der Waals surface area contributed by atoms with Gasteiger partial charge in [0.15, 0.2) is 0 Å². The highest BCUT2D eigenvalue weighted by molar-refractivity contribution is 6.30. The van der Waals surface area contributed by atoms with Crippen molar-refractivity contribution in [2.24, 2.45) is 5.41 Å². The van der Waals surface area contributed by atoms with Gasteiger partial charge in [0, 0.05) is 16.6 Å². The molecule has 0 spiro atoms. The van der Waals surface area contributed by atoms with Crippen molar-refractivity contribution in [1.29, 1.82) is 0 Å². The number of aliphatic hydroxyl groups is 1. The molecule has 1 heterocycles. The van der Waals surface area contributed by atoms with E-state index in [9.17, 15) is 19.1 Å². The average Bonchev–Trinajstić information content (AvgIpc) is 3.01. The maximum Gasteiger partial charge on any atom is 0.417 e. The molecule has 3 rings (SSSR count). The van der Waals surface area contributed by atoms with Crippen LogP contribution in [-0.4, -0.2) is 40.3 Å². The molecule has 2 amide bonds. The minimum Gasteiger partial charge on any atom is -0.443 e. The van der Waals surface area contributed by atoms with E-state index in [0.717, 1.165) is 10.5 Å². The molecule has 32 heavy (non-hydrogen) atoms. The third kappa shape index (κ3) is 4.97. The number of aliphatic hydroxyl groups excluding tert-OH is 1. The number of imide groups is 1. The van der Waals surface area contributed by atoms with Gasteiger partial charge in [-0.1, -0.05) is 42.8 Å². The highest BCUT2D eigenvalue weighted by Gasteiger charge is 2.53. The monoisotopic (exact) mass is 461 g/mol. The fourth-order valence-electron chi connectivity index (χ4n) is 4.11. The predicted molar refractivity (Wildman–Crippen MR) is 122 cm³/mol. The Bertz CT molecular complexity index is 996. The fraction of sp³-hybridized carbons (Fsp3) is 0.440. The number of halogens is 2. The zero-order chi connectivity index (χ0) is 23.7. The van der Waals surface area contributed by atoms with Crippen molar-refractivity contribution in [1.82, 2.24) is 4.90 Å². The molecular weight excluding hydrogens is 433 g/mol. The Morgan fingerprint density at radius 1 is 1.25 bits per heavy atom. The number of ether oxygens (including phenoxy) is 1. The summed E-state index contributed by atoms with van der Waals surface area (Å²) in [5.41, 5.74) is 0.221. The van der Waals surface area contributed by atoms with Crippen molar-refractivity contribution in [2.45, 2.75) is 58.6 Å². The van der Waals surface area contributed by atoms with E-state index in [1.54, 1.807) is 39.0 Å². The molecule has 0 radical (unpaired) electrons. The van der Waals surface area contributed by atoms with Crippen LogP contribution in [0.25, 0.3) is 11.1 Å². The minimum absolute atomic E-state index is 0.328. The zero-order valence-electron chi connectivity index (χ0n) is 18.8. The van der Waals surface area contributed by atoms with Gasteiger partial charge in [0.05, 0.1) is 12.0 Å². The summed E-state index contributed by atoms with van der Waals surface area (Å²) in [6, 6.07) is 11.2. The largest absolute Gasteiger partial charge is 0.443 e. The standard InChI is InChI=1S/C25H29ClFNO4/c1-5-25(15-29)14-19(28(22(25)30)23(31)32-24(2,3)4)12-16-6-8-17(9-7-16)20-13-18(26)10-11-21(20)27/h6-11,13,19,29H,5,12,14-15H2,1-4H3. The van der Waals surface area contributed by atoms with Crippen LogP contribution in [0.4, 0.5) is 9.18 Å². The second-order valence-corrected chi connectivity index (χ2v) is 9.77. The number of carbonyl (C=O) groups excluding carboxylic acids is 2. The van der Waals surface area contributed by atoms with Gasteiger partial charge in [-0.2, -0.15) is 0 Å². The number of amides is 2. The molecule has 172 valence electrons. The van der Waals surface area contributed by atoms with Crippen molar-refractivity contribution < 1.29 is 23.8 Å². The van der Waals surface area contributed by atoms with Crippen LogP contribution in [0.2, 0.25) is 5.02 Å². The van der Waals surface area contributed by atoms with Crippen molar-refractivity contribution in [2.75, 3.05) is 6.61 Å². The smallest absolute Gasteiger partial charge is 0.417 e. The van der Waals surface area contributed by atoms with Gasteiger partial charge in [-0.3, -0.25) is 4.79 Å². The molecular formula is C25H29ClFNO4. The molecule has 0 aliphatic carbocycles. The molecule has 1 saturated heterocycles. The molecule has 5 nitrogen and oxygen atoms in total. The molecule has 7 heteroatoms. The summed E-state index contributed by atoms with van der Waals surface area (Å²) in [4.78, 5) is 27.1. The van der Waals surface area contributed by atoms with E-state index in [0.29, 0.717) is 35.4 Å². The number of rotatable bonds is 5. The van der Waals surface area contributed by atoms with E-state index < -0.39 is 29.1 Å². The Hall–Kier alpha value is -2.44. The number of nitrogens with zero attached hydrogens (tertiary/aromatic N) is 1. The second kappa shape index (κ2) is 9.20. The van der Waals surface area contributed by atoms with Crippen LogP contribution in [0, 0.1) is 11.2 Å². The van der Waals surface area contributed by atoms with Crippen LogP contribution in [0.3, 0.4) is 0 Å². The van der Waals surface area contributed by atoms with Gasteiger partial charge in [-0.25, -0.2) is 14.1 Å². The molecule has 1 N–H and O–H groups in total. The highest BCUT2D eigenvalue weighted by atomic mass is 35.5. The first-order chi connectivity index (χ1) is 15.0. The van der Waals surface area contributed by atoms with E-state index in [-0.39, 0.29) is 12.4 Å². The summed E-state index contributed by atoms with van der Waals surface area (Å²) >= 11 is 6.00. The minimum atomic E-state index is -0.995. The molecule has 0 bridgehead atoms. The van der Waals surface area contributed by atoms with E-state index in [4.69, 9.17) is 16.3 Å². The number of carbonyl (C=O) groups is 2. The number of likely N-dealkylation sites (tertiary alicyclic amines) is 1. The summed E-state index contributed by atoms with van der Waals surface area (Å²) in [5.74, 6) is -0.769. The molecule has 1 aliphatic rings. The van der Waals surface area contributed by atoms with Crippen LogP contribution in [-0.2, 0) is 16.0 Å². The van der Waals surface area contributed by atoms with Crippen LogP contribution in [0.15, 0.2) is 42.5 Å². The predicted octanol–water partition coefficient (Wildman–Crippen LogP) is 5.61. The Balaban J connectivity index is 1.87. The fourth-order valence-corrected chi connectivity index (χ4v) is 4.28. The third-order valence-corrected chi connectivity index (χ3v) is 6.13. The Labute approximate surface area is 193 Å². The SMILES string of the molecule is CCC1(CO)CC(Cc2ccc(-c3cc(Cl)ccc3F)cc2)N(C(=O)OC(C)(C)C)C1=O. The number of hydrogen-bond donors (Lipinski definition) is 1. The molecule has 2 atom stereocenters. The lowest BCUT2D eigenvalue weighted by atomic mass is 9.82. The van der Waals surface area contributed by atoms with Crippen LogP contribution in [0.5, 0.6) is 0 Å². The first kappa shape index (κ1) is 24.2. The van der Waals surface area contributed by atoms with Crippen molar-refractivity contribution >= 4 is 23.6 Å². The van der Waals surface area contributed by atoms with Gasteiger partial charge in [0.1, 0.15) is 11.4 Å². The highest BCUT2D eigenvalue weighted by Crippen LogP contribution is 2.41. The van der Waals surface area contributed by atoms with Gasteiger partial charge in [-0.15, -0.1) is 0 Å². The molecule has 1 fully saturated rings. The topological polar surface area (TPSA) is 66.8 Å². The van der Waals surface area contributed by atoms with Gasteiger partial charge in [-0.05, 0) is 69.4 Å².